The van der Waals surface area contributed by atoms with Gasteiger partial charge >= 0.3 is 0 Å². The van der Waals surface area contributed by atoms with E-state index >= 15 is 0 Å². The van der Waals surface area contributed by atoms with Crippen LogP contribution in [0.15, 0.2) is 227 Å². The number of allylic oxidation sites excluding steroid dienone is 8. The molecule has 3 aliphatic carbocycles. The number of para-hydroxylation sites is 2. The first-order valence-corrected chi connectivity index (χ1v) is 21.5. The number of hydrogen-bond donors (Lipinski definition) is 0. The molecule has 0 radical (unpaired) electrons. The van der Waals surface area contributed by atoms with Gasteiger partial charge in [-0.1, -0.05) is 158 Å². The van der Waals surface area contributed by atoms with E-state index in [9.17, 15) is 0 Å². The fourth-order valence-corrected chi connectivity index (χ4v) is 11.0. The van der Waals surface area contributed by atoms with Crippen molar-refractivity contribution in [2.75, 3.05) is 4.90 Å². The van der Waals surface area contributed by atoms with E-state index in [2.05, 4.69) is 200 Å². The van der Waals surface area contributed by atoms with Crippen molar-refractivity contribution in [2.24, 2.45) is 0 Å². The van der Waals surface area contributed by atoms with Crippen molar-refractivity contribution in [1.82, 2.24) is 0 Å². The largest absolute Gasteiger partial charge is 0.456 e. The van der Waals surface area contributed by atoms with Crippen molar-refractivity contribution in [3.63, 3.8) is 0 Å². The lowest BCUT2D eigenvalue weighted by Crippen LogP contribution is -2.27. The van der Waals surface area contributed by atoms with Crippen molar-refractivity contribution < 1.29 is 8.83 Å². The van der Waals surface area contributed by atoms with E-state index in [1.54, 1.807) is 0 Å². The Kier molecular flexibility index (Phi) is 7.50. The summed E-state index contributed by atoms with van der Waals surface area (Å²) in [5.74, 6) is 0. The molecule has 0 fully saturated rings. The van der Waals surface area contributed by atoms with Gasteiger partial charge in [0.25, 0.3) is 0 Å². The summed E-state index contributed by atoms with van der Waals surface area (Å²) in [6, 6.07) is 61.3. The van der Waals surface area contributed by atoms with Crippen LogP contribution in [-0.2, 0) is 5.41 Å². The average Bonchev–Trinajstić information content (AvgIpc) is 4.05. The monoisotopic (exact) mass is 793 g/mol. The maximum absolute atomic E-state index is 6.87. The van der Waals surface area contributed by atoms with Crippen LogP contribution in [0.4, 0.5) is 5.69 Å². The molecule has 3 heteroatoms. The number of furan rings is 2. The molecule has 292 valence electrons. The first kappa shape index (κ1) is 34.9. The number of hydrogen-bond acceptors (Lipinski definition) is 3. The normalized spacial score (nSPS) is 15.2. The maximum Gasteiger partial charge on any atom is 0.143 e. The highest BCUT2D eigenvalue weighted by Crippen LogP contribution is 2.62. The molecule has 10 aromatic rings. The number of nitrogens with zero attached hydrogens (tertiary/aromatic N) is 1. The molecule has 8 aromatic carbocycles. The average molecular weight is 794 g/mol. The highest BCUT2D eigenvalue weighted by Gasteiger charge is 2.51. The van der Waals surface area contributed by atoms with Crippen molar-refractivity contribution in [2.45, 2.75) is 18.3 Å². The quantitative estimate of drug-likeness (QED) is 0.168. The highest BCUT2D eigenvalue weighted by atomic mass is 16.3. The summed E-state index contributed by atoms with van der Waals surface area (Å²) in [6.07, 6.45) is 13.1. The van der Waals surface area contributed by atoms with Crippen LogP contribution in [0, 0.1) is 0 Å². The zero-order valence-electron chi connectivity index (χ0n) is 33.9. The molecule has 0 amide bonds. The van der Waals surface area contributed by atoms with E-state index in [1.807, 2.05) is 12.1 Å². The summed E-state index contributed by atoms with van der Waals surface area (Å²) in [6.45, 7) is 4.46. The number of fused-ring (bicyclic) bond motifs is 14. The van der Waals surface area contributed by atoms with Gasteiger partial charge in [0.05, 0.1) is 5.41 Å². The molecule has 0 aliphatic heterocycles. The zero-order chi connectivity index (χ0) is 40.9. The Bertz CT molecular complexity index is 3630. The van der Waals surface area contributed by atoms with Gasteiger partial charge in [-0.2, -0.15) is 0 Å². The van der Waals surface area contributed by atoms with Gasteiger partial charge in [0.1, 0.15) is 22.3 Å². The predicted octanol–water partition coefficient (Wildman–Crippen LogP) is 15.7. The van der Waals surface area contributed by atoms with Gasteiger partial charge in [0.2, 0.25) is 0 Å². The lowest BCUT2D eigenvalue weighted by Gasteiger charge is -2.33. The van der Waals surface area contributed by atoms with Gasteiger partial charge in [-0.3, -0.25) is 0 Å². The molecule has 13 rings (SSSR count). The van der Waals surface area contributed by atoms with Gasteiger partial charge in [-0.05, 0) is 111 Å². The number of anilines is 1. The molecule has 0 unspecified atom stereocenters. The van der Waals surface area contributed by atoms with Crippen LogP contribution < -0.4 is 4.90 Å². The van der Waals surface area contributed by atoms with Gasteiger partial charge in [0, 0.05) is 50.3 Å². The smallest absolute Gasteiger partial charge is 0.143 e. The summed E-state index contributed by atoms with van der Waals surface area (Å²) in [5, 5.41) is 6.81. The van der Waals surface area contributed by atoms with Crippen LogP contribution in [0.25, 0.3) is 76.9 Å². The first-order chi connectivity index (χ1) is 30.7. The molecule has 3 aliphatic rings. The van der Waals surface area contributed by atoms with E-state index in [1.165, 1.54) is 55.4 Å². The van der Waals surface area contributed by atoms with Crippen molar-refractivity contribution in [3.8, 4) is 11.1 Å². The summed E-state index contributed by atoms with van der Waals surface area (Å²) in [5.41, 5.74) is 17.5. The molecular formula is C59H39NO2. The molecule has 2 heterocycles. The molecule has 3 nitrogen and oxygen atoms in total. The summed E-state index contributed by atoms with van der Waals surface area (Å²) < 4.78 is 13.2. The van der Waals surface area contributed by atoms with Crippen LogP contribution in [-0.4, -0.2) is 0 Å². The Morgan fingerprint density at radius 2 is 1.16 bits per heavy atom. The first-order valence-electron chi connectivity index (χ1n) is 21.5. The minimum Gasteiger partial charge on any atom is -0.456 e. The summed E-state index contributed by atoms with van der Waals surface area (Å²) in [7, 11) is 0. The Morgan fingerprint density at radius 3 is 1.95 bits per heavy atom. The van der Waals surface area contributed by atoms with Gasteiger partial charge < -0.3 is 13.7 Å². The Labute approximate surface area is 359 Å². The fraction of sp³-hybridized carbons (Fsp3) is 0.0508. The van der Waals surface area contributed by atoms with Crippen molar-refractivity contribution >= 4 is 71.5 Å². The second kappa shape index (κ2) is 13.3. The zero-order valence-corrected chi connectivity index (χ0v) is 33.9. The highest BCUT2D eigenvalue weighted by molar-refractivity contribution is 6.13. The SMILES string of the molecule is C=CC1=C(/C=C/N(C2=C(c3cccc4c3oc3cc5ccccc5cc34)C=CCC2)c2ccc3oc4ccccc4c3c2)C2(c3ccccc31)c1ccccc1-c1ccccc12. The molecule has 0 N–H and O–H groups in total. The van der Waals surface area contributed by atoms with E-state index in [0.717, 1.165) is 79.1 Å². The van der Waals surface area contributed by atoms with Crippen LogP contribution >= 0.6 is 0 Å². The molecule has 0 atom stereocenters. The Morgan fingerprint density at radius 1 is 0.532 bits per heavy atom. The van der Waals surface area contributed by atoms with Crippen molar-refractivity contribution in [1.29, 1.82) is 0 Å². The third-order valence-corrected chi connectivity index (χ3v) is 13.6. The van der Waals surface area contributed by atoms with Crippen LogP contribution in [0.1, 0.15) is 40.7 Å². The maximum atomic E-state index is 6.87. The van der Waals surface area contributed by atoms with E-state index in [-0.39, 0.29) is 0 Å². The molecule has 62 heavy (non-hydrogen) atoms. The molecule has 2 aromatic heterocycles. The van der Waals surface area contributed by atoms with E-state index in [0.29, 0.717) is 0 Å². The van der Waals surface area contributed by atoms with Gasteiger partial charge in [-0.25, -0.2) is 0 Å². The topological polar surface area (TPSA) is 29.5 Å². The Hall–Kier alpha value is -7.88. The molecule has 0 bridgehead atoms. The minimum atomic E-state index is -0.521. The van der Waals surface area contributed by atoms with Gasteiger partial charge in [-0.15, -0.1) is 0 Å². The predicted molar refractivity (Wildman–Crippen MR) is 257 cm³/mol. The Balaban J connectivity index is 1.07. The van der Waals surface area contributed by atoms with Gasteiger partial charge in [0.15, 0.2) is 0 Å². The summed E-state index contributed by atoms with van der Waals surface area (Å²) >= 11 is 0. The third-order valence-electron chi connectivity index (χ3n) is 13.6. The molecular weight excluding hydrogens is 755 g/mol. The van der Waals surface area contributed by atoms with Crippen LogP contribution in [0.2, 0.25) is 0 Å². The van der Waals surface area contributed by atoms with E-state index in [4.69, 9.17) is 8.83 Å². The van der Waals surface area contributed by atoms with E-state index < -0.39 is 5.41 Å². The molecule has 0 saturated heterocycles. The van der Waals surface area contributed by atoms with Crippen molar-refractivity contribution in [3.05, 3.63) is 246 Å². The third kappa shape index (κ3) is 4.82. The lowest BCUT2D eigenvalue weighted by atomic mass is 9.69. The van der Waals surface area contributed by atoms with Crippen LogP contribution in [0.5, 0.6) is 0 Å². The minimum absolute atomic E-state index is 0.521. The standard InChI is InChI=1S/C59H39NO2/c1-2-40-41-18-5-10-25-50(41)59(51-26-11-6-19-42(51)43-20-7-12-27-52(43)59)53(40)32-33-60(39-30-31-56-49(36-39)45-22-9-14-29-55(45)61-56)54-28-13-8-21-44(54)46-23-15-24-47-48-34-37-16-3-4-17-38(37)35-57(48)62-58(46)47/h2-12,14-27,29-36H,1,13,28H2/b33-32+. The number of benzene rings is 8. The second-order valence-corrected chi connectivity index (χ2v) is 16.7. The van der Waals surface area contributed by atoms with Crippen LogP contribution in [0.3, 0.4) is 0 Å². The second-order valence-electron chi connectivity index (χ2n) is 16.7. The molecule has 0 saturated carbocycles. The lowest BCUT2D eigenvalue weighted by molar-refractivity contribution is 0.668. The number of rotatable bonds is 6. The fourth-order valence-electron chi connectivity index (χ4n) is 11.0. The summed E-state index contributed by atoms with van der Waals surface area (Å²) in [4.78, 5) is 2.42. The molecule has 1 spiro atoms.